The average molecular weight is 289 g/mol. The fourth-order valence-electron chi connectivity index (χ4n) is 2.66. The maximum absolute atomic E-state index is 11.9. The van der Waals surface area contributed by atoms with E-state index in [1.165, 1.54) is 7.11 Å². The SMILES string of the molecule is CCNC(C)(CC(C)SC1CCOC1C)C(=O)OC. The van der Waals surface area contributed by atoms with Gasteiger partial charge in [0, 0.05) is 17.1 Å². The van der Waals surface area contributed by atoms with Gasteiger partial charge in [0.15, 0.2) is 0 Å². The third-order valence-electron chi connectivity index (χ3n) is 3.61. The third-order valence-corrected chi connectivity index (χ3v) is 5.21. The number of likely N-dealkylation sites (N-methyl/N-ethyl adjacent to an activating group) is 1. The van der Waals surface area contributed by atoms with E-state index in [0.29, 0.717) is 16.6 Å². The summed E-state index contributed by atoms with van der Waals surface area (Å²) in [4.78, 5) is 11.9. The van der Waals surface area contributed by atoms with Crippen molar-refractivity contribution in [2.45, 2.75) is 62.7 Å². The van der Waals surface area contributed by atoms with Crippen molar-refractivity contribution in [1.82, 2.24) is 5.32 Å². The molecule has 1 rings (SSSR count). The van der Waals surface area contributed by atoms with Gasteiger partial charge in [-0.1, -0.05) is 13.8 Å². The van der Waals surface area contributed by atoms with E-state index in [2.05, 4.69) is 19.2 Å². The molecule has 112 valence electrons. The van der Waals surface area contributed by atoms with Gasteiger partial charge in [-0.2, -0.15) is 11.8 Å². The summed E-state index contributed by atoms with van der Waals surface area (Å²) in [5.41, 5.74) is -0.599. The standard InChI is InChI=1S/C14H27NO3S/c1-6-15-14(4,13(16)17-5)9-10(2)19-12-7-8-18-11(12)3/h10-12,15H,6-9H2,1-5H3. The van der Waals surface area contributed by atoms with Crippen molar-refractivity contribution in [3.63, 3.8) is 0 Å². The van der Waals surface area contributed by atoms with Gasteiger partial charge in [-0.15, -0.1) is 0 Å². The zero-order chi connectivity index (χ0) is 14.5. The van der Waals surface area contributed by atoms with Crippen LogP contribution >= 0.6 is 11.8 Å². The van der Waals surface area contributed by atoms with Gasteiger partial charge in [-0.25, -0.2) is 0 Å². The molecule has 1 fully saturated rings. The van der Waals surface area contributed by atoms with Crippen molar-refractivity contribution >= 4 is 17.7 Å². The van der Waals surface area contributed by atoms with Crippen LogP contribution in [0.3, 0.4) is 0 Å². The van der Waals surface area contributed by atoms with Crippen LogP contribution in [0.4, 0.5) is 0 Å². The van der Waals surface area contributed by atoms with E-state index in [1.54, 1.807) is 0 Å². The van der Waals surface area contributed by atoms with Crippen LogP contribution in [-0.2, 0) is 14.3 Å². The van der Waals surface area contributed by atoms with Crippen molar-refractivity contribution in [3.05, 3.63) is 0 Å². The maximum Gasteiger partial charge on any atom is 0.325 e. The van der Waals surface area contributed by atoms with Crippen LogP contribution in [0.1, 0.15) is 40.5 Å². The van der Waals surface area contributed by atoms with Gasteiger partial charge in [-0.05, 0) is 33.2 Å². The minimum atomic E-state index is -0.599. The summed E-state index contributed by atoms with van der Waals surface area (Å²) in [6.45, 7) is 9.84. The van der Waals surface area contributed by atoms with Gasteiger partial charge in [0.2, 0.25) is 0 Å². The second kappa shape index (κ2) is 7.50. The van der Waals surface area contributed by atoms with Gasteiger partial charge in [0.1, 0.15) is 5.54 Å². The molecule has 5 heteroatoms. The number of carbonyl (C=O) groups excluding carboxylic acids is 1. The monoisotopic (exact) mass is 289 g/mol. The van der Waals surface area contributed by atoms with Gasteiger partial charge in [0.25, 0.3) is 0 Å². The Hall–Kier alpha value is -0.260. The average Bonchev–Trinajstić information content (AvgIpc) is 2.74. The Morgan fingerprint density at radius 3 is 2.79 bits per heavy atom. The van der Waals surface area contributed by atoms with Crippen molar-refractivity contribution in [3.8, 4) is 0 Å². The molecule has 0 aromatic rings. The molecule has 1 aliphatic rings. The molecule has 1 aliphatic heterocycles. The number of nitrogens with one attached hydrogen (secondary N) is 1. The highest BCUT2D eigenvalue weighted by Gasteiger charge is 2.36. The van der Waals surface area contributed by atoms with Crippen LogP contribution in [0.15, 0.2) is 0 Å². The molecule has 0 bridgehead atoms. The van der Waals surface area contributed by atoms with Crippen LogP contribution in [0.5, 0.6) is 0 Å². The molecule has 4 unspecified atom stereocenters. The van der Waals surface area contributed by atoms with E-state index in [1.807, 2.05) is 25.6 Å². The lowest BCUT2D eigenvalue weighted by atomic mass is 9.96. The van der Waals surface area contributed by atoms with Crippen molar-refractivity contribution in [2.24, 2.45) is 0 Å². The van der Waals surface area contributed by atoms with Gasteiger partial charge >= 0.3 is 5.97 Å². The molecule has 19 heavy (non-hydrogen) atoms. The zero-order valence-electron chi connectivity index (χ0n) is 12.7. The lowest BCUT2D eigenvalue weighted by Gasteiger charge is -2.31. The summed E-state index contributed by atoms with van der Waals surface area (Å²) < 4.78 is 10.5. The van der Waals surface area contributed by atoms with E-state index in [0.717, 1.165) is 26.0 Å². The summed E-state index contributed by atoms with van der Waals surface area (Å²) in [6.07, 6.45) is 2.18. The Bertz CT molecular complexity index is 300. The first-order valence-corrected chi connectivity index (χ1v) is 7.97. The van der Waals surface area contributed by atoms with Gasteiger partial charge in [0.05, 0.1) is 13.2 Å². The summed E-state index contributed by atoms with van der Waals surface area (Å²) >= 11 is 1.92. The van der Waals surface area contributed by atoms with Gasteiger partial charge in [-0.3, -0.25) is 4.79 Å². The first-order valence-electron chi connectivity index (χ1n) is 7.03. The third kappa shape index (κ3) is 4.65. The summed E-state index contributed by atoms with van der Waals surface area (Å²) in [6, 6.07) is 0. The molecule has 0 aromatic heterocycles. The lowest BCUT2D eigenvalue weighted by molar-refractivity contribution is -0.148. The normalized spacial score (nSPS) is 27.8. The molecule has 0 amide bonds. The molecule has 0 radical (unpaired) electrons. The molecule has 0 aromatic carbocycles. The molecular weight excluding hydrogens is 262 g/mol. The van der Waals surface area contributed by atoms with Crippen LogP contribution in [0.25, 0.3) is 0 Å². The number of carbonyl (C=O) groups is 1. The maximum atomic E-state index is 11.9. The number of methoxy groups -OCH3 is 1. The summed E-state index contributed by atoms with van der Waals surface area (Å²) in [5.74, 6) is -0.183. The largest absolute Gasteiger partial charge is 0.468 e. The molecule has 4 atom stereocenters. The van der Waals surface area contributed by atoms with Crippen LogP contribution in [-0.4, -0.2) is 48.4 Å². The second-order valence-electron chi connectivity index (χ2n) is 5.41. The quantitative estimate of drug-likeness (QED) is 0.728. The number of hydrogen-bond donors (Lipinski definition) is 1. The zero-order valence-corrected chi connectivity index (χ0v) is 13.5. The molecule has 1 N–H and O–H groups in total. The smallest absolute Gasteiger partial charge is 0.325 e. The van der Waals surface area contributed by atoms with E-state index < -0.39 is 5.54 Å². The minimum absolute atomic E-state index is 0.183. The number of esters is 1. The highest BCUT2D eigenvalue weighted by molar-refractivity contribution is 8.00. The van der Waals surface area contributed by atoms with E-state index in [-0.39, 0.29) is 5.97 Å². The van der Waals surface area contributed by atoms with E-state index >= 15 is 0 Å². The Morgan fingerprint density at radius 1 is 1.63 bits per heavy atom. The van der Waals surface area contributed by atoms with E-state index in [9.17, 15) is 4.79 Å². The minimum Gasteiger partial charge on any atom is -0.468 e. The van der Waals surface area contributed by atoms with Crippen molar-refractivity contribution < 1.29 is 14.3 Å². The predicted molar refractivity (Wildman–Crippen MR) is 79.6 cm³/mol. The summed E-state index contributed by atoms with van der Waals surface area (Å²) in [7, 11) is 1.45. The molecule has 1 heterocycles. The fourth-order valence-corrected chi connectivity index (χ4v) is 4.21. The molecule has 4 nitrogen and oxygen atoms in total. The number of hydrogen-bond acceptors (Lipinski definition) is 5. The molecule has 0 aliphatic carbocycles. The Morgan fingerprint density at radius 2 is 2.32 bits per heavy atom. The highest BCUT2D eigenvalue weighted by Crippen LogP contribution is 2.33. The fraction of sp³-hybridized carbons (Fsp3) is 0.929. The molecular formula is C14H27NO3S. The molecule has 0 saturated carbocycles. The van der Waals surface area contributed by atoms with Crippen molar-refractivity contribution in [1.29, 1.82) is 0 Å². The second-order valence-corrected chi connectivity index (χ2v) is 7.09. The Balaban J connectivity index is 2.55. The first-order chi connectivity index (χ1) is 8.92. The van der Waals surface area contributed by atoms with Crippen LogP contribution in [0.2, 0.25) is 0 Å². The highest BCUT2D eigenvalue weighted by atomic mass is 32.2. The van der Waals surface area contributed by atoms with E-state index in [4.69, 9.17) is 9.47 Å². The number of rotatable bonds is 7. The number of thioether (sulfide) groups is 1. The van der Waals surface area contributed by atoms with Crippen LogP contribution in [0, 0.1) is 0 Å². The number of ether oxygens (including phenoxy) is 2. The van der Waals surface area contributed by atoms with Gasteiger partial charge < -0.3 is 14.8 Å². The topological polar surface area (TPSA) is 47.6 Å². The summed E-state index contributed by atoms with van der Waals surface area (Å²) in [5, 5.41) is 4.18. The van der Waals surface area contributed by atoms with Crippen molar-refractivity contribution in [2.75, 3.05) is 20.3 Å². The van der Waals surface area contributed by atoms with Crippen LogP contribution < -0.4 is 5.32 Å². The molecule has 1 saturated heterocycles. The lowest BCUT2D eigenvalue weighted by Crippen LogP contribution is -2.51. The Kier molecular flexibility index (Phi) is 6.63. The predicted octanol–water partition coefficient (Wildman–Crippen LogP) is 2.22. The Labute approximate surface area is 121 Å². The molecule has 0 spiro atoms. The first kappa shape index (κ1) is 16.8.